The van der Waals surface area contributed by atoms with Crippen molar-refractivity contribution >= 4 is 0 Å². The van der Waals surface area contributed by atoms with Crippen molar-refractivity contribution < 1.29 is 5.11 Å². The molecule has 0 aliphatic heterocycles. The minimum atomic E-state index is -0.497. The van der Waals surface area contributed by atoms with Gasteiger partial charge in [0.25, 0.3) is 0 Å². The summed E-state index contributed by atoms with van der Waals surface area (Å²) in [5, 5.41) is 10.4. The first-order chi connectivity index (χ1) is 7.04. The predicted molar refractivity (Wildman–Crippen MR) is 64.7 cm³/mol. The topological polar surface area (TPSA) is 46.2 Å². The molecule has 0 bridgehead atoms. The van der Waals surface area contributed by atoms with Crippen LogP contribution in [0.25, 0.3) is 0 Å². The van der Waals surface area contributed by atoms with Crippen LogP contribution >= 0.6 is 0 Å². The first-order valence-electron chi connectivity index (χ1n) is 6.16. The third kappa shape index (κ3) is 3.62. The second-order valence-corrected chi connectivity index (χ2v) is 5.14. The Balaban J connectivity index is 2.61. The Hall–Kier alpha value is -0.340. The van der Waals surface area contributed by atoms with Gasteiger partial charge in [0, 0.05) is 5.54 Å². The standard InChI is InChI=1S/C13H25NO/c1-3-5-8-12(14)9-6-10-13(15,11-12)7-4-2/h3,5,15H,4,6-11,14H2,1-2H3. The number of hydrogen-bond acceptors (Lipinski definition) is 2. The molecule has 0 heterocycles. The van der Waals surface area contributed by atoms with Crippen molar-refractivity contribution in [1.29, 1.82) is 0 Å². The van der Waals surface area contributed by atoms with Crippen molar-refractivity contribution in [2.45, 2.75) is 69.9 Å². The zero-order valence-electron chi connectivity index (χ0n) is 10.1. The molecule has 1 saturated carbocycles. The van der Waals surface area contributed by atoms with Gasteiger partial charge in [0.05, 0.1) is 5.60 Å². The van der Waals surface area contributed by atoms with Crippen molar-refractivity contribution in [2.75, 3.05) is 0 Å². The van der Waals surface area contributed by atoms with E-state index in [2.05, 4.69) is 13.0 Å². The Labute approximate surface area is 93.6 Å². The molecule has 1 aliphatic rings. The van der Waals surface area contributed by atoms with E-state index in [1.54, 1.807) is 0 Å². The highest BCUT2D eigenvalue weighted by molar-refractivity contribution is 5.02. The van der Waals surface area contributed by atoms with Crippen molar-refractivity contribution in [3.63, 3.8) is 0 Å². The summed E-state index contributed by atoms with van der Waals surface area (Å²) >= 11 is 0. The summed E-state index contributed by atoms with van der Waals surface area (Å²) in [6.45, 7) is 4.14. The molecule has 1 rings (SSSR count). The first kappa shape index (κ1) is 12.7. The lowest BCUT2D eigenvalue weighted by Gasteiger charge is -2.43. The lowest BCUT2D eigenvalue weighted by Crippen LogP contribution is -2.51. The van der Waals surface area contributed by atoms with Crippen molar-refractivity contribution in [3.05, 3.63) is 12.2 Å². The second kappa shape index (κ2) is 5.13. The number of aliphatic hydroxyl groups is 1. The van der Waals surface area contributed by atoms with Crippen LogP contribution in [0.3, 0.4) is 0 Å². The number of allylic oxidation sites excluding steroid dienone is 1. The molecule has 88 valence electrons. The van der Waals surface area contributed by atoms with Gasteiger partial charge in [-0.25, -0.2) is 0 Å². The highest BCUT2D eigenvalue weighted by Crippen LogP contribution is 2.38. The fraction of sp³-hybridized carbons (Fsp3) is 0.846. The average molecular weight is 211 g/mol. The predicted octanol–water partition coefficient (Wildman–Crippen LogP) is 2.76. The molecule has 0 spiro atoms. The van der Waals surface area contributed by atoms with Gasteiger partial charge in [-0.3, -0.25) is 0 Å². The third-order valence-corrected chi connectivity index (χ3v) is 3.47. The maximum absolute atomic E-state index is 10.4. The zero-order chi connectivity index (χ0) is 11.4. The summed E-state index contributed by atoms with van der Waals surface area (Å²) < 4.78 is 0. The molecule has 2 nitrogen and oxygen atoms in total. The molecular weight excluding hydrogens is 186 g/mol. The van der Waals surface area contributed by atoms with Crippen molar-refractivity contribution in [1.82, 2.24) is 0 Å². The van der Waals surface area contributed by atoms with E-state index in [1.807, 2.05) is 13.0 Å². The monoisotopic (exact) mass is 211 g/mol. The molecule has 2 atom stereocenters. The summed E-state index contributed by atoms with van der Waals surface area (Å²) in [5.74, 6) is 0. The number of rotatable bonds is 4. The lowest BCUT2D eigenvalue weighted by atomic mass is 9.70. The minimum Gasteiger partial charge on any atom is -0.390 e. The van der Waals surface area contributed by atoms with Gasteiger partial charge in [-0.1, -0.05) is 25.5 Å². The Bertz CT molecular complexity index is 223. The molecule has 3 N–H and O–H groups in total. The Morgan fingerprint density at radius 1 is 1.40 bits per heavy atom. The summed E-state index contributed by atoms with van der Waals surface area (Å²) in [4.78, 5) is 0. The Morgan fingerprint density at radius 2 is 2.13 bits per heavy atom. The van der Waals surface area contributed by atoms with Gasteiger partial charge < -0.3 is 10.8 Å². The van der Waals surface area contributed by atoms with Crippen molar-refractivity contribution in [2.24, 2.45) is 5.73 Å². The van der Waals surface area contributed by atoms with Crippen LogP contribution in [0.5, 0.6) is 0 Å². The first-order valence-corrected chi connectivity index (χ1v) is 6.16. The van der Waals surface area contributed by atoms with Gasteiger partial charge in [-0.05, 0) is 45.4 Å². The second-order valence-electron chi connectivity index (χ2n) is 5.14. The smallest absolute Gasteiger partial charge is 0.0665 e. The molecule has 0 aromatic carbocycles. The van der Waals surface area contributed by atoms with E-state index in [-0.39, 0.29) is 5.54 Å². The normalized spacial score (nSPS) is 37.3. The molecule has 0 amide bonds. The van der Waals surface area contributed by atoms with Crippen LogP contribution in [-0.2, 0) is 0 Å². The molecule has 15 heavy (non-hydrogen) atoms. The van der Waals surface area contributed by atoms with Crippen molar-refractivity contribution in [3.8, 4) is 0 Å². The van der Waals surface area contributed by atoms with Gasteiger partial charge in [-0.2, -0.15) is 0 Å². The van der Waals surface area contributed by atoms with Crippen LogP contribution in [-0.4, -0.2) is 16.2 Å². The molecule has 0 aromatic rings. The van der Waals surface area contributed by atoms with E-state index in [0.717, 1.165) is 44.9 Å². The Morgan fingerprint density at radius 3 is 2.73 bits per heavy atom. The molecule has 1 aliphatic carbocycles. The van der Waals surface area contributed by atoms with E-state index in [4.69, 9.17) is 5.73 Å². The average Bonchev–Trinajstić information content (AvgIpc) is 2.14. The minimum absolute atomic E-state index is 0.172. The number of hydrogen-bond donors (Lipinski definition) is 2. The highest BCUT2D eigenvalue weighted by atomic mass is 16.3. The fourth-order valence-corrected chi connectivity index (χ4v) is 2.81. The van der Waals surface area contributed by atoms with Crippen LogP contribution < -0.4 is 5.73 Å². The summed E-state index contributed by atoms with van der Waals surface area (Å²) in [5.41, 5.74) is 5.67. The van der Waals surface area contributed by atoms with Crippen LogP contribution in [0.2, 0.25) is 0 Å². The molecule has 0 aromatic heterocycles. The quantitative estimate of drug-likeness (QED) is 0.702. The molecule has 2 heteroatoms. The molecule has 2 unspecified atom stereocenters. The largest absolute Gasteiger partial charge is 0.390 e. The molecular formula is C13H25NO. The van der Waals surface area contributed by atoms with Crippen LogP contribution in [0.1, 0.15) is 58.8 Å². The maximum atomic E-state index is 10.4. The summed E-state index contributed by atoms with van der Waals surface area (Å²) in [6.07, 6.45) is 10.8. The van der Waals surface area contributed by atoms with Gasteiger partial charge in [-0.15, -0.1) is 0 Å². The molecule has 1 fully saturated rings. The van der Waals surface area contributed by atoms with E-state index in [9.17, 15) is 5.11 Å². The zero-order valence-corrected chi connectivity index (χ0v) is 10.1. The van der Waals surface area contributed by atoms with Crippen LogP contribution in [0.15, 0.2) is 12.2 Å². The Kier molecular flexibility index (Phi) is 4.35. The fourth-order valence-electron chi connectivity index (χ4n) is 2.81. The highest BCUT2D eigenvalue weighted by Gasteiger charge is 2.39. The number of nitrogens with two attached hydrogens (primary N) is 1. The van der Waals surface area contributed by atoms with E-state index < -0.39 is 5.60 Å². The van der Waals surface area contributed by atoms with E-state index in [1.165, 1.54) is 0 Å². The lowest BCUT2D eigenvalue weighted by molar-refractivity contribution is -0.0305. The van der Waals surface area contributed by atoms with Crippen LogP contribution in [0, 0.1) is 0 Å². The van der Waals surface area contributed by atoms with E-state index in [0.29, 0.717) is 0 Å². The van der Waals surface area contributed by atoms with E-state index >= 15 is 0 Å². The maximum Gasteiger partial charge on any atom is 0.0665 e. The van der Waals surface area contributed by atoms with Gasteiger partial charge in [0.2, 0.25) is 0 Å². The van der Waals surface area contributed by atoms with Crippen LogP contribution in [0.4, 0.5) is 0 Å². The van der Waals surface area contributed by atoms with Gasteiger partial charge in [0.15, 0.2) is 0 Å². The molecule has 0 saturated heterocycles. The SMILES string of the molecule is CC=CCC1(N)CCCC(O)(CCC)C1. The summed E-state index contributed by atoms with van der Waals surface area (Å²) in [6, 6.07) is 0. The van der Waals surface area contributed by atoms with Gasteiger partial charge in [0.1, 0.15) is 0 Å². The molecule has 0 radical (unpaired) electrons. The van der Waals surface area contributed by atoms with Gasteiger partial charge >= 0.3 is 0 Å². The third-order valence-electron chi connectivity index (χ3n) is 3.47. The summed E-state index contributed by atoms with van der Waals surface area (Å²) in [7, 11) is 0.